The summed E-state index contributed by atoms with van der Waals surface area (Å²) in [6.07, 6.45) is -10.9. The Bertz CT molecular complexity index is 703. The number of hydrogen-bond acceptors (Lipinski definition) is 2. The van der Waals surface area contributed by atoms with Crippen molar-refractivity contribution in [2.45, 2.75) is 37.7 Å². The second kappa shape index (κ2) is 7.18. The molecule has 0 spiro atoms. The van der Waals surface area contributed by atoms with Crippen LogP contribution in [0.15, 0.2) is 45.1 Å². The Balaban J connectivity index is 2.49. The van der Waals surface area contributed by atoms with Crippen LogP contribution in [0.1, 0.15) is 19.3 Å². The Morgan fingerprint density at radius 2 is 1.73 bits per heavy atom. The molecular weight excluding hydrogens is 498 g/mol. The van der Waals surface area contributed by atoms with Crippen molar-refractivity contribution in [1.29, 1.82) is 0 Å². The van der Waals surface area contributed by atoms with Gasteiger partial charge in [-0.1, -0.05) is 12.2 Å². The normalized spacial score (nSPS) is 24.3. The molecule has 0 saturated heterocycles. The highest BCUT2D eigenvalue weighted by Crippen LogP contribution is 2.51. The van der Waals surface area contributed by atoms with Crippen LogP contribution in [0.3, 0.4) is 0 Å². The summed E-state index contributed by atoms with van der Waals surface area (Å²) in [6.45, 7) is 3.58. The van der Waals surface area contributed by atoms with Crippen LogP contribution in [0.25, 0.3) is 0 Å². The monoisotopic (exact) mass is 508 g/mol. The third-order valence-electron chi connectivity index (χ3n) is 4.01. The van der Waals surface area contributed by atoms with Crippen molar-refractivity contribution in [3.63, 3.8) is 0 Å². The average molecular weight is 510 g/mol. The molecule has 0 amide bonds. The van der Waals surface area contributed by atoms with Crippen LogP contribution < -0.4 is 0 Å². The molecule has 0 N–H and O–H groups in total. The van der Waals surface area contributed by atoms with E-state index in [2.05, 4.69) is 43.2 Å². The molecule has 0 bridgehead atoms. The Morgan fingerprint density at radius 3 is 2.23 bits per heavy atom. The highest BCUT2D eigenvalue weighted by atomic mass is 79.9. The number of alkyl halides is 6. The van der Waals surface area contributed by atoms with E-state index in [1.165, 1.54) is 18.2 Å². The van der Waals surface area contributed by atoms with E-state index in [9.17, 15) is 31.1 Å². The van der Waals surface area contributed by atoms with E-state index in [0.717, 1.165) is 0 Å². The number of Topliss-reactive ketones (excluding diaryl/α,β-unsaturated/α-hetero) is 1. The standard InChI is InChI=1S/C16H12Br2F6O2/c1-2-5-14-6-8(26-13(15(19,20)21)16(22,23)24)3-4-9(14)11(18)12(25)10(17)7-14/h2,6-7,13H,1,3-5H2. The molecule has 0 aromatic carbocycles. The van der Waals surface area contributed by atoms with Crippen molar-refractivity contribution in [1.82, 2.24) is 0 Å². The van der Waals surface area contributed by atoms with Crippen LogP contribution in [-0.4, -0.2) is 24.2 Å². The minimum absolute atomic E-state index is 0.0746. The van der Waals surface area contributed by atoms with Gasteiger partial charge in [0.15, 0.2) is 0 Å². The fourth-order valence-electron chi connectivity index (χ4n) is 2.95. The zero-order valence-electron chi connectivity index (χ0n) is 13.0. The van der Waals surface area contributed by atoms with Gasteiger partial charge in [0.05, 0.1) is 14.7 Å². The van der Waals surface area contributed by atoms with E-state index in [1.54, 1.807) is 0 Å². The first-order valence-corrected chi connectivity index (χ1v) is 8.85. The molecule has 0 aromatic rings. The lowest BCUT2D eigenvalue weighted by Gasteiger charge is -2.38. The predicted molar refractivity (Wildman–Crippen MR) is 89.5 cm³/mol. The SMILES string of the molecule is C=CCC12C=C(OC(C(F)(F)F)C(F)(F)F)CCC1=C(Br)C(=O)C(Br)=C2. The number of carbonyl (C=O) groups excluding carboxylic acids is 1. The number of fused-ring (bicyclic) bond motifs is 1. The van der Waals surface area contributed by atoms with Gasteiger partial charge in [-0.2, -0.15) is 26.3 Å². The van der Waals surface area contributed by atoms with Gasteiger partial charge < -0.3 is 4.74 Å². The number of halogens is 8. The van der Waals surface area contributed by atoms with Gasteiger partial charge in [0.25, 0.3) is 6.10 Å². The summed E-state index contributed by atoms with van der Waals surface area (Å²) in [5.41, 5.74) is -0.517. The van der Waals surface area contributed by atoms with E-state index in [4.69, 9.17) is 0 Å². The second-order valence-corrected chi connectivity index (χ2v) is 7.49. The van der Waals surface area contributed by atoms with E-state index < -0.39 is 29.6 Å². The number of hydrogen-bond donors (Lipinski definition) is 0. The largest absolute Gasteiger partial charge is 0.476 e. The molecule has 0 heterocycles. The maximum atomic E-state index is 12.8. The van der Waals surface area contributed by atoms with Crippen molar-refractivity contribution in [2.75, 3.05) is 0 Å². The van der Waals surface area contributed by atoms with Gasteiger partial charge >= 0.3 is 12.4 Å². The summed E-state index contributed by atoms with van der Waals surface area (Å²) in [6, 6.07) is 0. The summed E-state index contributed by atoms with van der Waals surface area (Å²) in [7, 11) is 0. The number of ketones is 1. The van der Waals surface area contributed by atoms with Crippen molar-refractivity contribution >= 4 is 37.6 Å². The molecule has 0 aromatic heterocycles. The zero-order valence-corrected chi connectivity index (χ0v) is 16.2. The van der Waals surface area contributed by atoms with E-state index in [-0.39, 0.29) is 34.0 Å². The zero-order chi connectivity index (χ0) is 19.9. The molecule has 2 aliphatic carbocycles. The molecule has 0 fully saturated rings. The highest BCUT2D eigenvalue weighted by Gasteiger charge is 2.59. The lowest BCUT2D eigenvalue weighted by Crippen LogP contribution is -2.44. The third kappa shape index (κ3) is 4.11. The van der Waals surface area contributed by atoms with E-state index in [1.807, 2.05) is 0 Å². The Kier molecular flexibility index (Phi) is 5.87. The molecule has 0 radical (unpaired) electrons. The van der Waals surface area contributed by atoms with Crippen LogP contribution in [0.4, 0.5) is 26.3 Å². The smallest absolute Gasteiger partial charge is 0.434 e. The second-order valence-electron chi connectivity index (χ2n) is 5.84. The number of carbonyl (C=O) groups is 1. The summed E-state index contributed by atoms with van der Waals surface area (Å²) in [5.74, 6) is -0.776. The molecule has 2 aliphatic rings. The molecule has 1 atom stereocenters. The first-order valence-electron chi connectivity index (χ1n) is 7.27. The van der Waals surface area contributed by atoms with Gasteiger partial charge in [0.1, 0.15) is 0 Å². The lowest BCUT2D eigenvalue weighted by molar-refractivity contribution is -0.313. The van der Waals surface area contributed by atoms with Crippen molar-refractivity contribution in [2.24, 2.45) is 5.41 Å². The van der Waals surface area contributed by atoms with Crippen LogP contribution in [-0.2, 0) is 9.53 Å². The van der Waals surface area contributed by atoms with Crippen LogP contribution in [0, 0.1) is 5.41 Å². The molecule has 0 aliphatic heterocycles. The van der Waals surface area contributed by atoms with Gasteiger partial charge in [0.2, 0.25) is 5.78 Å². The van der Waals surface area contributed by atoms with Gasteiger partial charge in [-0.05, 0) is 56.4 Å². The maximum Gasteiger partial charge on any atom is 0.434 e. The molecule has 10 heteroatoms. The quantitative estimate of drug-likeness (QED) is 0.331. The Labute approximate surface area is 161 Å². The fourth-order valence-corrected chi connectivity index (χ4v) is 4.60. The molecule has 0 saturated carbocycles. The fraction of sp³-hybridized carbons (Fsp3) is 0.438. The third-order valence-corrected chi connectivity index (χ3v) is 5.44. The van der Waals surface area contributed by atoms with Gasteiger partial charge in [-0.3, -0.25) is 4.79 Å². The van der Waals surface area contributed by atoms with E-state index in [0.29, 0.717) is 5.57 Å². The number of ether oxygens (including phenoxy) is 1. The van der Waals surface area contributed by atoms with Crippen molar-refractivity contribution in [3.8, 4) is 0 Å². The minimum Gasteiger partial charge on any atom is -0.476 e. The van der Waals surface area contributed by atoms with Gasteiger partial charge in [0, 0.05) is 11.8 Å². The molecule has 26 heavy (non-hydrogen) atoms. The molecular formula is C16H12Br2F6O2. The summed E-state index contributed by atoms with van der Waals surface area (Å²) < 4.78 is 81.2. The Morgan fingerprint density at radius 1 is 1.15 bits per heavy atom. The minimum atomic E-state index is -5.60. The number of rotatable bonds is 4. The topological polar surface area (TPSA) is 26.3 Å². The van der Waals surface area contributed by atoms with Crippen molar-refractivity contribution in [3.05, 3.63) is 45.1 Å². The Hall–Kier alpha value is -1.03. The molecule has 144 valence electrons. The average Bonchev–Trinajstić information content (AvgIpc) is 2.48. The molecule has 1 unspecified atom stereocenters. The lowest BCUT2D eigenvalue weighted by atomic mass is 9.69. The van der Waals surface area contributed by atoms with E-state index >= 15 is 0 Å². The first-order chi connectivity index (χ1) is 11.8. The van der Waals surface area contributed by atoms with Crippen molar-refractivity contribution < 1.29 is 35.9 Å². The predicted octanol–water partition coefficient (Wildman–Crippen LogP) is 6.25. The summed E-state index contributed by atoms with van der Waals surface area (Å²) >= 11 is 6.25. The molecule has 2 rings (SSSR count). The molecule has 2 nitrogen and oxygen atoms in total. The maximum absolute atomic E-state index is 12.8. The van der Waals surface area contributed by atoms with Gasteiger partial charge in [-0.25, -0.2) is 0 Å². The van der Waals surface area contributed by atoms with Gasteiger partial charge in [-0.15, -0.1) is 6.58 Å². The number of allylic oxidation sites excluding steroid dienone is 7. The summed E-state index contributed by atoms with van der Waals surface area (Å²) in [4.78, 5) is 12.1. The van der Waals surface area contributed by atoms with Crippen LogP contribution in [0.2, 0.25) is 0 Å². The van der Waals surface area contributed by atoms with Crippen LogP contribution >= 0.6 is 31.9 Å². The first kappa shape index (κ1) is 21.3. The summed E-state index contributed by atoms with van der Waals surface area (Å²) in [5, 5.41) is 0. The highest BCUT2D eigenvalue weighted by molar-refractivity contribution is 9.13. The van der Waals surface area contributed by atoms with Crippen LogP contribution in [0.5, 0.6) is 0 Å².